The van der Waals surface area contributed by atoms with Gasteiger partial charge >= 0.3 is 0 Å². The molecule has 0 aliphatic carbocycles. The van der Waals surface area contributed by atoms with Crippen LogP contribution in [-0.2, 0) is 0 Å². The summed E-state index contributed by atoms with van der Waals surface area (Å²) in [6.07, 6.45) is 1.50. The number of rotatable bonds is 2. The van der Waals surface area contributed by atoms with Crippen LogP contribution in [0.2, 0.25) is 0 Å². The third-order valence-corrected chi connectivity index (χ3v) is 0.767. The van der Waals surface area contributed by atoms with Crippen molar-refractivity contribution in [1.82, 2.24) is 5.06 Å². The molecule has 0 aromatic rings. The van der Waals surface area contributed by atoms with E-state index in [9.17, 15) is 0 Å². The zero-order valence-electron chi connectivity index (χ0n) is 4.37. The van der Waals surface area contributed by atoms with E-state index in [1.165, 1.54) is 6.08 Å². The van der Waals surface area contributed by atoms with Crippen molar-refractivity contribution in [2.75, 3.05) is 6.54 Å². The van der Waals surface area contributed by atoms with Crippen LogP contribution in [-0.4, -0.2) is 21.9 Å². The molecule has 46 valence electrons. The Bertz CT molecular complexity index is 104. The van der Waals surface area contributed by atoms with E-state index >= 15 is 0 Å². The molecule has 0 aromatic heterocycles. The van der Waals surface area contributed by atoms with Crippen LogP contribution < -0.4 is 5.73 Å². The Labute approximate surface area is 53.4 Å². The molecule has 3 N–H and O–H groups in total. The monoisotopic (exact) mass is 132 g/mol. The van der Waals surface area contributed by atoms with Crippen molar-refractivity contribution < 1.29 is 5.21 Å². The van der Waals surface area contributed by atoms with Crippen molar-refractivity contribution in [2.24, 2.45) is 5.73 Å². The summed E-state index contributed by atoms with van der Waals surface area (Å²) in [5.41, 5.74) is 4.98. The second-order valence-corrected chi connectivity index (χ2v) is 1.63. The van der Waals surface area contributed by atoms with Gasteiger partial charge in [-0.05, 0) is 12.2 Å². The average molecular weight is 132 g/mol. The van der Waals surface area contributed by atoms with E-state index in [0.717, 1.165) is 5.06 Å². The zero-order chi connectivity index (χ0) is 6.57. The highest BCUT2D eigenvalue weighted by Gasteiger charge is 1.94. The quantitative estimate of drug-likeness (QED) is 0.318. The van der Waals surface area contributed by atoms with Crippen LogP contribution in [0.25, 0.3) is 0 Å². The van der Waals surface area contributed by atoms with Gasteiger partial charge in [0, 0.05) is 0 Å². The van der Waals surface area contributed by atoms with Crippen LogP contribution in [0.4, 0.5) is 0 Å². The van der Waals surface area contributed by atoms with E-state index in [4.69, 9.17) is 10.9 Å². The van der Waals surface area contributed by atoms with Crippen molar-refractivity contribution in [3.63, 3.8) is 0 Å². The predicted molar refractivity (Wildman–Crippen MR) is 35.5 cm³/mol. The topological polar surface area (TPSA) is 49.5 Å². The highest BCUT2D eigenvalue weighted by atomic mass is 32.1. The van der Waals surface area contributed by atoms with Crippen LogP contribution in [0.1, 0.15) is 0 Å². The molecule has 8 heavy (non-hydrogen) atoms. The zero-order valence-corrected chi connectivity index (χ0v) is 5.19. The highest BCUT2D eigenvalue weighted by molar-refractivity contribution is 7.80. The van der Waals surface area contributed by atoms with E-state index in [0.29, 0.717) is 0 Å². The first kappa shape index (κ1) is 7.39. The SMILES string of the molecule is C=CCN(O)C(N)=S. The van der Waals surface area contributed by atoms with Gasteiger partial charge in [-0.1, -0.05) is 6.08 Å². The number of nitrogens with zero attached hydrogens (tertiary/aromatic N) is 1. The molecule has 0 spiro atoms. The van der Waals surface area contributed by atoms with Crippen LogP contribution in [0.15, 0.2) is 12.7 Å². The molecule has 0 aliphatic rings. The molecule has 0 saturated carbocycles. The normalized spacial score (nSPS) is 8.12. The number of hydrogen-bond acceptors (Lipinski definition) is 2. The first-order valence-corrected chi connectivity index (χ1v) is 2.46. The van der Waals surface area contributed by atoms with Gasteiger partial charge in [0.15, 0.2) is 5.11 Å². The van der Waals surface area contributed by atoms with Gasteiger partial charge in [-0.25, -0.2) is 5.06 Å². The first-order chi connectivity index (χ1) is 3.68. The highest BCUT2D eigenvalue weighted by Crippen LogP contribution is 1.78. The molecule has 3 nitrogen and oxygen atoms in total. The molecule has 0 heterocycles. The maximum Gasteiger partial charge on any atom is 0.190 e. The summed E-state index contributed by atoms with van der Waals surface area (Å²) in [6, 6.07) is 0. The summed E-state index contributed by atoms with van der Waals surface area (Å²) in [6.45, 7) is 3.64. The summed E-state index contributed by atoms with van der Waals surface area (Å²) in [7, 11) is 0. The molecule has 0 radical (unpaired) electrons. The lowest BCUT2D eigenvalue weighted by molar-refractivity contribution is -0.00101. The minimum Gasteiger partial charge on any atom is -0.374 e. The summed E-state index contributed by atoms with van der Waals surface area (Å²) >= 11 is 4.39. The third kappa shape index (κ3) is 2.54. The van der Waals surface area contributed by atoms with Gasteiger partial charge in [-0.3, -0.25) is 5.21 Å². The Balaban J connectivity index is 3.46. The third-order valence-electron chi connectivity index (χ3n) is 0.556. The van der Waals surface area contributed by atoms with Gasteiger partial charge in [0.1, 0.15) is 0 Å². The molecule has 0 rings (SSSR count). The maximum absolute atomic E-state index is 8.62. The Morgan fingerprint density at radius 2 is 2.50 bits per heavy atom. The fraction of sp³-hybridized carbons (Fsp3) is 0.250. The molecule has 0 aromatic carbocycles. The average Bonchev–Trinajstić information content (AvgIpc) is 1.67. The van der Waals surface area contributed by atoms with E-state index < -0.39 is 0 Å². The van der Waals surface area contributed by atoms with Gasteiger partial charge < -0.3 is 5.73 Å². The maximum atomic E-state index is 8.62. The lowest BCUT2D eigenvalue weighted by Gasteiger charge is -2.09. The van der Waals surface area contributed by atoms with E-state index in [1.54, 1.807) is 0 Å². The molecule has 0 amide bonds. The second kappa shape index (κ2) is 3.40. The van der Waals surface area contributed by atoms with Crippen molar-refractivity contribution in [3.05, 3.63) is 12.7 Å². The molecule has 4 heteroatoms. The molecule has 0 atom stereocenters. The summed E-state index contributed by atoms with van der Waals surface area (Å²) < 4.78 is 0. The minimum absolute atomic E-state index is 0.0371. The fourth-order valence-corrected chi connectivity index (χ4v) is 0.287. The lowest BCUT2D eigenvalue weighted by atomic mass is 10.6. The smallest absolute Gasteiger partial charge is 0.190 e. The van der Waals surface area contributed by atoms with Crippen LogP contribution in [0.5, 0.6) is 0 Å². The molecule has 0 bridgehead atoms. The molecular formula is C4H8N2OS. The Hall–Kier alpha value is -0.610. The number of thiocarbonyl (C=S) groups is 1. The molecule has 0 fully saturated rings. The van der Waals surface area contributed by atoms with Crippen LogP contribution in [0, 0.1) is 0 Å². The van der Waals surface area contributed by atoms with Crippen molar-refractivity contribution in [1.29, 1.82) is 0 Å². The van der Waals surface area contributed by atoms with Crippen molar-refractivity contribution in [2.45, 2.75) is 0 Å². The Morgan fingerprint density at radius 1 is 2.00 bits per heavy atom. The lowest BCUT2D eigenvalue weighted by Crippen LogP contribution is -2.32. The summed E-state index contributed by atoms with van der Waals surface area (Å²) in [5, 5.41) is 9.32. The standard InChI is InChI=1S/C4H8N2OS/c1-2-3-6(7)4(5)8/h2,7H,1,3H2,(H2,5,8). The van der Waals surface area contributed by atoms with Gasteiger partial charge in [0.2, 0.25) is 0 Å². The second-order valence-electron chi connectivity index (χ2n) is 1.21. The molecule has 0 saturated heterocycles. The van der Waals surface area contributed by atoms with Crippen LogP contribution >= 0.6 is 12.2 Å². The Kier molecular flexibility index (Phi) is 3.14. The number of nitrogens with two attached hydrogens (primary N) is 1. The van der Waals surface area contributed by atoms with Crippen molar-refractivity contribution >= 4 is 17.3 Å². The summed E-state index contributed by atoms with van der Waals surface area (Å²) in [5.74, 6) is 0. The fourth-order valence-electron chi connectivity index (χ4n) is 0.212. The summed E-state index contributed by atoms with van der Waals surface area (Å²) in [4.78, 5) is 0. The predicted octanol–water partition coefficient (Wildman–Crippen LogP) is 0.107. The first-order valence-electron chi connectivity index (χ1n) is 2.05. The van der Waals surface area contributed by atoms with Gasteiger partial charge in [-0.2, -0.15) is 0 Å². The minimum atomic E-state index is -0.0371. The van der Waals surface area contributed by atoms with Crippen LogP contribution in [0.3, 0.4) is 0 Å². The number of hydroxylamine groups is 2. The van der Waals surface area contributed by atoms with Gasteiger partial charge in [0.05, 0.1) is 6.54 Å². The van der Waals surface area contributed by atoms with Gasteiger partial charge in [0.25, 0.3) is 0 Å². The molecule has 0 aliphatic heterocycles. The van der Waals surface area contributed by atoms with E-state index in [-0.39, 0.29) is 11.7 Å². The molecular weight excluding hydrogens is 124 g/mol. The molecule has 0 unspecified atom stereocenters. The van der Waals surface area contributed by atoms with E-state index in [2.05, 4.69) is 18.8 Å². The Morgan fingerprint density at radius 3 is 2.62 bits per heavy atom. The van der Waals surface area contributed by atoms with Crippen molar-refractivity contribution in [3.8, 4) is 0 Å². The number of hydrogen-bond donors (Lipinski definition) is 2. The van der Waals surface area contributed by atoms with Gasteiger partial charge in [-0.15, -0.1) is 6.58 Å². The van der Waals surface area contributed by atoms with E-state index in [1.807, 2.05) is 0 Å². The largest absolute Gasteiger partial charge is 0.374 e.